The zero-order chi connectivity index (χ0) is 13.4. The molecule has 1 N–H and O–H groups in total. The lowest BCUT2D eigenvalue weighted by molar-refractivity contribution is 0.121. The molecule has 0 bridgehead atoms. The van der Waals surface area contributed by atoms with Crippen molar-refractivity contribution in [3.63, 3.8) is 0 Å². The summed E-state index contributed by atoms with van der Waals surface area (Å²) in [6.45, 7) is 12.7. The van der Waals surface area contributed by atoms with Gasteiger partial charge in [-0.15, -0.1) is 17.9 Å². The number of rotatable bonds is 8. The summed E-state index contributed by atoms with van der Waals surface area (Å²) in [6.07, 6.45) is 4.03. The molecule has 0 radical (unpaired) electrons. The van der Waals surface area contributed by atoms with Crippen molar-refractivity contribution in [2.24, 2.45) is 0 Å². The van der Waals surface area contributed by atoms with Crippen molar-refractivity contribution < 1.29 is 4.74 Å². The van der Waals surface area contributed by atoms with Crippen molar-refractivity contribution >= 4 is 11.3 Å². The molecule has 0 fully saturated rings. The molecule has 0 amide bonds. The van der Waals surface area contributed by atoms with Crippen LogP contribution in [-0.4, -0.2) is 12.1 Å². The molecule has 1 heterocycles. The number of unbranched alkanes of at least 4 members (excludes halogenated alkanes) is 1. The van der Waals surface area contributed by atoms with Gasteiger partial charge in [0, 0.05) is 28.4 Å². The molecular formula is C15H25NOS. The van der Waals surface area contributed by atoms with Gasteiger partial charge in [0.05, 0.1) is 6.61 Å². The standard InChI is InChI=1S/C15H25NOS/c1-5-6-7-10-17-12-14-9-8-13(18-14)11-16-15(2,3)4/h5,8-9,16H,1,6-7,10-12H2,2-4H3. The maximum atomic E-state index is 5.62. The monoisotopic (exact) mass is 267 g/mol. The van der Waals surface area contributed by atoms with Crippen molar-refractivity contribution in [1.82, 2.24) is 5.32 Å². The van der Waals surface area contributed by atoms with Crippen LogP contribution in [0.4, 0.5) is 0 Å². The van der Waals surface area contributed by atoms with Gasteiger partial charge in [0.25, 0.3) is 0 Å². The molecule has 1 aromatic heterocycles. The van der Waals surface area contributed by atoms with Gasteiger partial charge in [-0.1, -0.05) is 6.08 Å². The van der Waals surface area contributed by atoms with E-state index in [0.717, 1.165) is 32.6 Å². The topological polar surface area (TPSA) is 21.3 Å². The van der Waals surface area contributed by atoms with Crippen molar-refractivity contribution in [2.75, 3.05) is 6.61 Å². The molecule has 2 nitrogen and oxygen atoms in total. The number of hydrogen-bond acceptors (Lipinski definition) is 3. The fourth-order valence-corrected chi connectivity index (χ4v) is 2.35. The Morgan fingerprint density at radius 3 is 2.72 bits per heavy atom. The first kappa shape index (κ1) is 15.4. The molecule has 0 unspecified atom stereocenters. The minimum Gasteiger partial charge on any atom is -0.376 e. The Morgan fingerprint density at radius 2 is 2.06 bits per heavy atom. The highest BCUT2D eigenvalue weighted by molar-refractivity contribution is 7.11. The molecule has 1 aromatic rings. The van der Waals surface area contributed by atoms with E-state index >= 15 is 0 Å². The van der Waals surface area contributed by atoms with E-state index in [1.807, 2.05) is 17.4 Å². The smallest absolute Gasteiger partial charge is 0.0809 e. The summed E-state index contributed by atoms with van der Waals surface area (Å²) in [5.74, 6) is 0. The van der Waals surface area contributed by atoms with Crippen LogP contribution in [0.1, 0.15) is 43.4 Å². The number of thiophene rings is 1. The summed E-state index contributed by atoms with van der Waals surface area (Å²) in [4.78, 5) is 2.67. The molecule has 0 saturated carbocycles. The summed E-state index contributed by atoms with van der Waals surface area (Å²) in [5, 5.41) is 3.49. The van der Waals surface area contributed by atoms with Crippen molar-refractivity contribution in [2.45, 2.75) is 52.3 Å². The Kier molecular flexibility index (Phi) is 6.61. The van der Waals surface area contributed by atoms with Gasteiger partial charge in [0.15, 0.2) is 0 Å². The third kappa shape index (κ3) is 6.94. The van der Waals surface area contributed by atoms with Crippen LogP contribution >= 0.6 is 11.3 Å². The molecule has 0 spiro atoms. The average Bonchev–Trinajstić information content (AvgIpc) is 2.73. The molecular weight excluding hydrogens is 242 g/mol. The summed E-state index contributed by atoms with van der Waals surface area (Å²) in [5.41, 5.74) is 0.172. The maximum Gasteiger partial charge on any atom is 0.0809 e. The summed E-state index contributed by atoms with van der Waals surface area (Å²) >= 11 is 1.83. The highest BCUT2D eigenvalue weighted by Gasteiger charge is 2.09. The predicted octanol–water partition coefficient (Wildman–Crippen LogP) is 4.12. The van der Waals surface area contributed by atoms with Gasteiger partial charge in [0.2, 0.25) is 0 Å². The van der Waals surface area contributed by atoms with Crippen LogP contribution in [0.2, 0.25) is 0 Å². The largest absolute Gasteiger partial charge is 0.376 e. The van der Waals surface area contributed by atoms with Crippen LogP contribution in [0.5, 0.6) is 0 Å². The Hall–Kier alpha value is -0.640. The molecule has 0 saturated heterocycles. The number of allylic oxidation sites excluding steroid dienone is 1. The SMILES string of the molecule is C=CCCCOCc1ccc(CNC(C)(C)C)s1. The second-order valence-electron chi connectivity index (χ2n) is 5.46. The van der Waals surface area contributed by atoms with E-state index in [4.69, 9.17) is 4.74 Å². The van der Waals surface area contributed by atoms with Gasteiger partial charge in [-0.3, -0.25) is 0 Å². The highest BCUT2D eigenvalue weighted by atomic mass is 32.1. The van der Waals surface area contributed by atoms with Crippen molar-refractivity contribution in [3.05, 3.63) is 34.5 Å². The molecule has 0 aliphatic rings. The van der Waals surface area contributed by atoms with Gasteiger partial charge in [-0.2, -0.15) is 0 Å². The molecule has 0 aliphatic carbocycles. The van der Waals surface area contributed by atoms with E-state index in [9.17, 15) is 0 Å². The third-order valence-corrected chi connectivity index (χ3v) is 3.51. The Morgan fingerprint density at radius 1 is 1.33 bits per heavy atom. The van der Waals surface area contributed by atoms with E-state index < -0.39 is 0 Å². The summed E-state index contributed by atoms with van der Waals surface area (Å²) in [6, 6.07) is 4.35. The molecule has 102 valence electrons. The van der Waals surface area contributed by atoms with E-state index in [1.165, 1.54) is 9.75 Å². The first-order valence-corrected chi connectivity index (χ1v) is 7.34. The van der Waals surface area contributed by atoms with Crippen LogP contribution in [0.3, 0.4) is 0 Å². The lowest BCUT2D eigenvalue weighted by atomic mass is 10.1. The van der Waals surface area contributed by atoms with Crippen LogP contribution in [0.25, 0.3) is 0 Å². The zero-order valence-electron chi connectivity index (χ0n) is 11.8. The Bertz CT molecular complexity index is 352. The van der Waals surface area contributed by atoms with Crippen LogP contribution in [0.15, 0.2) is 24.8 Å². The second-order valence-corrected chi connectivity index (χ2v) is 6.71. The third-order valence-electron chi connectivity index (χ3n) is 2.45. The fraction of sp³-hybridized carbons (Fsp3) is 0.600. The minimum atomic E-state index is 0.172. The average molecular weight is 267 g/mol. The van der Waals surface area contributed by atoms with Gasteiger partial charge in [-0.05, 0) is 45.7 Å². The Labute approximate surface area is 115 Å². The highest BCUT2D eigenvalue weighted by Crippen LogP contribution is 2.18. The van der Waals surface area contributed by atoms with E-state index in [2.05, 4.69) is 44.8 Å². The number of hydrogen-bond donors (Lipinski definition) is 1. The van der Waals surface area contributed by atoms with Gasteiger partial charge in [-0.25, -0.2) is 0 Å². The fourth-order valence-electron chi connectivity index (χ4n) is 1.45. The van der Waals surface area contributed by atoms with Gasteiger partial charge >= 0.3 is 0 Å². The van der Waals surface area contributed by atoms with Crippen molar-refractivity contribution in [3.8, 4) is 0 Å². The Balaban J connectivity index is 2.23. The van der Waals surface area contributed by atoms with E-state index in [0.29, 0.717) is 0 Å². The minimum absolute atomic E-state index is 0.172. The normalized spacial score (nSPS) is 11.7. The zero-order valence-corrected chi connectivity index (χ0v) is 12.6. The first-order valence-electron chi connectivity index (χ1n) is 6.52. The van der Waals surface area contributed by atoms with E-state index in [1.54, 1.807) is 0 Å². The van der Waals surface area contributed by atoms with Crippen LogP contribution in [0, 0.1) is 0 Å². The molecule has 1 rings (SSSR count). The predicted molar refractivity (Wildman–Crippen MR) is 80.0 cm³/mol. The first-order chi connectivity index (χ1) is 8.51. The molecule has 0 aliphatic heterocycles. The maximum absolute atomic E-state index is 5.62. The number of nitrogens with one attached hydrogen (secondary N) is 1. The number of ether oxygens (including phenoxy) is 1. The van der Waals surface area contributed by atoms with Crippen molar-refractivity contribution in [1.29, 1.82) is 0 Å². The summed E-state index contributed by atoms with van der Waals surface area (Å²) < 4.78 is 5.62. The molecule has 0 aromatic carbocycles. The van der Waals surface area contributed by atoms with Gasteiger partial charge in [0.1, 0.15) is 0 Å². The van der Waals surface area contributed by atoms with Crippen LogP contribution < -0.4 is 5.32 Å². The molecule has 0 atom stereocenters. The van der Waals surface area contributed by atoms with Crippen LogP contribution in [-0.2, 0) is 17.9 Å². The van der Waals surface area contributed by atoms with E-state index in [-0.39, 0.29) is 5.54 Å². The molecule has 18 heavy (non-hydrogen) atoms. The second kappa shape index (κ2) is 7.72. The lowest BCUT2D eigenvalue weighted by Crippen LogP contribution is -2.34. The van der Waals surface area contributed by atoms with Gasteiger partial charge < -0.3 is 10.1 Å². The molecule has 3 heteroatoms. The quantitative estimate of drug-likeness (QED) is 0.565. The summed E-state index contributed by atoms with van der Waals surface area (Å²) in [7, 11) is 0. The lowest BCUT2D eigenvalue weighted by Gasteiger charge is -2.19.